The Kier molecular flexibility index (Phi) is 5.23. The van der Waals surface area contributed by atoms with E-state index in [4.69, 9.17) is 0 Å². The van der Waals surface area contributed by atoms with Gasteiger partial charge in [-0.25, -0.2) is 12.8 Å². The smallest absolute Gasteiger partial charge is 0.261 e. The van der Waals surface area contributed by atoms with Gasteiger partial charge in [-0.1, -0.05) is 12.1 Å². The lowest BCUT2D eigenvalue weighted by Crippen LogP contribution is -2.30. The molecule has 0 aliphatic carbocycles. The fourth-order valence-electron chi connectivity index (χ4n) is 2.02. The van der Waals surface area contributed by atoms with Crippen molar-refractivity contribution in [1.29, 1.82) is 0 Å². The third kappa shape index (κ3) is 4.32. The van der Waals surface area contributed by atoms with Gasteiger partial charge in [-0.15, -0.1) is 0 Å². The molecule has 0 spiro atoms. The second-order valence-corrected chi connectivity index (χ2v) is 7.41. The molecule has 2 aromatic carbocycles. The molecule has 7 heteroatoms. The summed E-state index contributed by atoms with van der Waals surface area (Å²) in [6, 6.07) is 9.77. The fraction of sp³-hybridized carbons (Fsp3) is 0.235. The van der Waals surface area contributed by atoms with Crippen LogP contribution in [0.5, 0.6) is 0 Å². The van der Waals surface area contributed by atoms with E-state index in [0.717, 1.165) is 6.07 Å². The number of sulfonamides is 1. The van der Waals surface area contributed by atoms with E-state index >= 15 is 0 Å². The average Bonchev–Trinajstić information content (AvgIpc) is 2.49. The molecule has 0 heterocycles. The van der Waals surface area contributed by atoms with Gasteiger partial charge in [0.1, 0.15) is 5.82 Å². The maximum atomic E-state index is 13.6. The van der Waals surface area contributed by atoms with Crippen LogP contribution in [0.2, 0.25) is 0 Å². The molecule has 0 saturated carbocycles. The summed E-state index contributed by atoms with van der Waals surface area (Å²) >= 11 is 0. The van der Waals surface area contributed by atoms with Gasteiger partial charge >= 0.3 is 0 Å². The summed E-state index contributed by atoms with van der Waals surface area (Å²) in [5, 5.41) is 2.73. The van der Waals surface area contributed by atoms with Crippen LogP contribution < -0.4 is 10.0 Å². The lowest BCUT2D eigenvalue weighted by atomic mass is 10.2. The first-order chi connectivity index (χ1) is 11.2. The van der Waals surface area contributed by atoms with Crippen LogP contribution in [0.1, 0.15) is 29.8 Å². The summed E-state index contributed by atoms with van der Waals surface area (Å²) in [5.74, 6) is -0.893. The van der Waals surface area contributed by atoms with Gasteiger partial charge in [-0.3, -0.25) is 9.52 Å². The molecule has 2 aromatic rings. The van der Waals surface area contributed by atoms with Crippen LogP contribution in [0.4, 0.5) is 10.1 Å². The van der Waals surface area contributed by atoms with E-state index in [2.05, 4.69) is 10.0 Å². The third-order valence-electron chi connectivity index (χ3n) is 3.25. The Morgan fingerprint density at radius 3 is 2.46 bits per heavy atom. The molecule has 0 saturated heterocycles. The largest absolute Gasteiger partial charge is 0.350 e. The van der Waals surface area contributed by atoms with E-state index in [-0.39, 0.29) is 22.5 Å². The minimum absolute atomic E-state index is 0.0339. The highest BCUT2D eigenvalue weighted by Gasteiger charge is 2.16. The molecule has 128 valence electrons. The maximum Gasteiger partial charge on any atom is 0.261 e. The van der Waals surface area contributed by atoms with Gasteiger partial charge < -0.3 is 5.32 Å². The monoisotopic (exact) mass is 350 g/mol. The van der Waals surface area contributed by atoms with E-state index in [1.165, 1.54) is 24.3 Å². The van der Waals surface area contributed by atoms with Gasteiger partial charge in [0.05, 0.1) is 4.90 Å². The van der Waals surface area contributed by atoms with Crippen LogP contribution >= 0.6 is 0 Å². The highest BCUT2D eigenvalue weighted by atomic mass is 32.2. The summed E-state index contributed by atoms with van der Waals surface area (Å²) in [7, 11) is -3.94. The summed E-state index contributed by atoms with van der Waals surface area (Å²) in [4.78, 5) is 11.8. The molecular formula is C17H19FN2O3S. The molecule has 0 aliphatic rings. The Hall–Kier alpha value is -2.41. The Bertz CT molecular complexity index is 864. The van der Waals surface area contributed by atoms with Crippen molar-refractivity contribution in [2.24, 2.45) is 0 Å². The van der Waals surface area contributed by atoms with Crippen LogP contribution in [-0.2, 0) is 10.0 Å². The molecular weight excluding hydrogens is 331 g/mol. The molecule has 1 amide bonds. The number of hydrogen-bond acceptors (Lipinski definition) is 3. The molecule has 0 aromatic heterocycles. The fourth-order valence-corrected chi connectivity index (χ4v) is 3.09. The Morgan fingerprint density at radius 2 is 1.83 bits per heavy atom. The molecule has 0 radical (unpaired) electrons. The number of halogens is 1. The Morgan fingerprint density at radius 1 is 1.12 bits per heavy atom. The molecule has 2 rings (SSSR count). The molecule has 0 bridgehead atoms. The summed E-state index contributed by atoms with van der Waals surface area (Å²) in [6.07, 6.45) is 0. The lowest BCUT2D eigenvalue weighted by molar-refractivity contribution is 0.0943. The number of carbonyl (C=O) groups is 1. The Balaban J connectivity index is 2.26. The van der Waals surface area contributed by atoms with Crippen molar-refractivity contribution in [3.05, 3.63) is 59.4 Å². The predicted octanol–water partition coefficient (Wildman–Crippen LogP) is 3.07. The number of carbonyl (C=O) groups excluding carboxylic acids is 1. The minimum Gasteiger partial charge on any atom is -0.350 e. The van der Waals surface area contributed by atoms with E-state index in [1.807, 2.05) is 13.8 Å². The molecule has 0 aliphatic heterocycles. The standard InChI is InChI=1S/C17H19FN2O3S/c1-11(2)19-17(21)13-5-4-6-14(9-13)20-24(22,23)15-8-7-12(3)16(18)10-15/h4-11,20H,1-3H3,(H,19,21). The first-order valence-electron chi connectivity index (χ1n) is 7.39. The highest BCUT2D eigenvalue weighted by Crippen LogP contribution is 2.19. The number of anilines is 1. The van der Waals surface area contributed by atoms with Crippen LogP contribution in [0.25, 0.3) is 0 Å². The van der Waals surface area contributed by atoms with Crippen molar-refractivity contribution >= 4 is 21.6 Å². The number of aryl methyl sites for hydroxylation is 1. The van der Waals surface area contributed by atoms with Gasteiger partial charge in [0.25, 0.3) is 15.9 Å². The van der Waals surface area contributed by atoms with Gasteiger partial charge in [0.15, 0.2) is 0 Å². The van der Waals surface area contributed by atoms with Crippen LogP contribution in [0.15, 0.2) is 47.4 Å². The van der Waals surface area contributed by atoms with Crippen molar-refractivity contribution in [3.63, 3.8) is 0 Å². The van der Waals surface area contributed by atoms with Crippen molar-refractivity contribution in [3.8, 4) is 0 Å². The van der Waals surface area contributed by atoms with Gasteiger partial charge in [0, 0.05) is 17.3 Å². The van der Waals surface area contributed by atoms with Crippen molar-refractivity contribution in [2.75, 3.05) is 4.72 Å². The van der Waals surface area contributed by atoms with Gasteiger partial charge in [-0.05, 0) is 56.7 Å². The van der Waals surface area contributed by atoms with E-state index in [1.54, 1.807) is 19.1 Å². The normalized spacial score (nSPS) is 11.4. The first-order valence-corrected chi connectivity index (χ1v) is 8.87. The number of rotatable bonds is 5. The van der Waals surface area contributed by atoms with E-state index in [0.29, 0.717) is 11.1 Å². The zero-order valence-electron chi connectivity index (χ0n) is 13.6. The SMILES string of the molecule is Cc1ccc(S(=O)(=O)Nc2cccc(C(=O)NC(C)C)c2)cc1F. The quantitative estimate of drug-likeness (QED) is 0.870. The van der Waals surface area contributed by atoms with Gasteiger partial charge in [0.2, 0.25) is 0 Å². The van der Waals surface area contributed by atoms with Crippen LogP contribution in [-0.4, -0.2) is 20.4 Å². The molecule has 0 fully saturated rings. The average molecular weight is 350 g/mol. The molecule has 5 nitrogen and oxygen atoms in total. The third-order valence-corrected chi connectivity index (χ3v) is 4.63. The second kappa shape index (κ2) is 7.00. The number of benzene rings is 2. The molecule has 0 unspecified atom stereocenters. The summed E-state index contributed by atoms with van der Waals surface area (Å²) in [5.41, 5.74) is 0.924. The predicted molar refractivity (Wildman–Crippen MR) is 91.0 cm³/mol. The minimum atomic E-state index is -3.94. The summed E-state index contributed by atoms with van der Waals surface area (Å²) < 4.78 is 40.6. The lowest BCUT2D eigenvalue weighted by Gasteiger charge is -2.11. The highest BCUT2D eigenvalue weighted by molar-refractivity contribution is 7.92. The summed E-state index contributed by atoms with van der Waals surface area (Å²) in [6.45, 7) is 5.21. The van der Waals surface area contributed by atoms with Gasteiger partial charge in [-0.2, -0.15) is 0 Å². The first kappa shape index (κ1) is 17.9. The van der Waals surface area contributed by atoms with E-state index in [9.17, 15) is 17.6 Å². The topological polar surface area (TPSA) is 75.3 Å². The van der Waals surface area contributed by atoms with Crippen molar-refractivity contribution < 1.29 is 17.6 Å². The number of nitrogens with one attached hydrogen (secondary N) is 2. The zero-order valence-corrected chi connectivity index (χ0v) is 14.4. The molecule has 2 N–H and O–H groups in total. The van der Waals surface area contributed by atoms with E-state index < -0.39 is 15.8 Å². The number of hydrogen-bond donors (Lipinski definition) is 2. The van der Waals surface area contributed by atoms with Crippen LogP contribution in [0, 0.1) is 12.7 Å². The molecule has 24 heavy (non-hydrogen) atoms. The maximum absolute atomic E-state index is 13.6. The van der Waals surface area contributed by atoms with Crippen molar-refractivity contribution in [2.45, 2.75) is 31.7 Å². The Labute approximate surface area is 141 Å². The second-order valence-electron chi connectivity index (χ2n) is 5.73. The van der Waals surface area contributed by atoms with Crippen LogP contribution in [0.3, 0.4) is 0 Å². The van der Waals surface area contributed by atoms with Crippen molar-refractivity contribution in [1.82, 2.24) is 5.32 Å². The molecule has 0 atom stereocenters. The number of amides is 1. The zero-order chi connectivity index (χ0) is 17.9.